The van der Waals surface area contributed by atoms with Gasteiger partial charge in [0.2, 0.25) is 11.8 Å². The fourth-order valence-corrected chi connectivity index (χ4v) is 4.54. The van der Waals surface area contributed by atoms with E-state index in [4.69, 9.17) is 11.6 Å². The number of amides is 2. The highest BCUT2D eigenvalue weighted by Gasteiger charge is 2.66. The van der Waals surface area contributed by atoms with E-state index in [-0.39, 0.29) is 12.3 Å². The van der Waals surface area contributed by atoms with E-state index in [1.807, 2.05) is 6.07 Å². The molecule has 7 nitrogen and oxygen atoms in total. The number of imide groups is 1. The SMILES string of the molecule is C[C@]1(C(=O)O)N[C@H](c2cc(Cl)ccc2O)[C@H]2C(=O)N(Cc3ccccc3)C(=O)[C@H]21. The number of likely N-dealkylation sites (tertiary alicyclic amines) is 1. The number of carbonyl (C=O) groups is 3. The summed E-state index contributed by atoms with van der Waals surface area (Å²) in [6.07, 6.45) is 0. The van der Waals surface area contributed by atoms with E-state index in [0.29, 0.717) is 10.6 Å². The van der Waals surface area contributed by atoms with Crippen LogP contribution in [0.5, 0.6) is 5.75 Å². The molecule has 2 heterocycles. The molecule has 2 aromatic rings. The molecule has 2 saturated heterocycles. The lowest BCUT2D eigenvalue weighted by Gasteiger charge is -2.27. The maximum absolute atomic E-state index is 13.2. The molecule has 150 valence electrons. The van der Waals surface area contributed by atoms with Crippen molar-refractivity contribution >= 4 is 29.4 Å². The molecule has 2 aromatic carbocycles. The van der Waals surface area contributed by atoms with Crippen LogP contribution in [-0.4, -0.2) is 38.4 Å². The summed E-state index contributed by atoms with van der Waals surface area (Å²) >= 11 is 6.06. The van der Waals surface area contributed by atoms with Gasteiger partial charge in [0.05, 0.1) is 18.4 Å². The Morgan fingerprint density at radius 2 is 1.86 bits per heavy atom. The topological polar surface area (TPSA) is 107 Å². The van der Waals surface area contributed by atoms with Crippen LogP contribution in [0.2, 0.25) is 5.02 Å². The second kappa shape index (κ2) is 6.86. The van der Waals surface area contributed by atoms with Crippen molar-refractivity contribution in [2.24, 2.45) is 11.8 Å². The molecule has 8 heteroatoms. The number of halogens is 1. The Morgan fingerprint density at radius 3 is 2.52 bits per heavy atom. The predicted octanol–water partition coefficient (Wildman–Crippen LogP) is 2.33. The van der Waals surface area contributed by atoms with Gasteiger partial charge in [-0.2, -0.15) is 0 Å². The number of phenols is 1. The predicted molar refractivity (Wildman–Crippen MR) is 104 cm³/mol. The fourth-order valence-electron chi connectivity index (χ4n) is 4.36. The van der Waals surface area contributed by atoms with Crippen LogP contribution in [0, 0.1) is 11.8 Å². The van der Waals surface area contributed by atoms with Gasteiger partial charge in [0.25, 0.3) is 0 Å². The van der Waals surface area contributed by atoms with E-state index in [1.165, 1.54) is 25.1 Å². The molecule has 0 spiro atoms. The van der Waals surface area contributed by atoms with Crippen LogP contribution in [0.3, 0.4) is 0 Å². The Bertz CT molecular complexity index is 1010. The number of phenolic OH excluding ortho intramolecular Hbond substituents is 1. The molecule has 0 aliphatic carbocycles. The maximum atomic E-state index is 13.2. The first kappa shape index (κ1) is 19.4. The van der Waals surface area contributed by atoms with Gasteiger partial charge in [0.1, 0.15) is 11.3 Å². The number of nitrogens with zero attached hydrogens (tertiary/aromatic N) is 1. The van der Waals surface area contributed by atoms with Crippen molar-refractivity contribution in [1.82, 2.24) is 10.2 Å². The van der Waals surface area contributed by atoms with Crippen molar-refractivity contribution in [3.63, 3.8) is 0 Å². The van der Waals surface area contributed by atoms with E-state index in [2.05, 4.69) is 5.32 Å². The lowest BCUT2D eigenvalue weighted by Crippen LogP contribution is -2.53. The highest BCUT2D eigenvalue weighted by Crippen LogP contribution is 2.50. The number of hydrogen-bond acceptors (Lipinski definition) is 5. The van der Waals surface area contributed by atoms with E-state index in [0.717, 1.165) is 10.5 Å². The van der Waals surface area contributed by atoms with Crippen molar-refractivity contribution in [2.75, 3.05) is 0 Å². The van der Waals surface area contributed by atoms with Gasteiger partial charge < -0.3 is 10.2 Å². The Morgan fingerprint density at radius 1 is 1.17 bits per heavy atom. The minimum Gasteiger partial charge on any atom is -0.508 e. The number of aromatic hydroxyl groups is 1. The van der Waals surface area contributed by atoms with Crippen LogP contribution in [-0.2, 0) is 20.9 Å². The van der Waals surface area contributed by atoms with E-state index in [9.17, 15) is 24.6 Å². The molecule has 3 N–H and O–H groups in total. The zero-order valence-electron chi connectivity index (χ0n) is 15.5. The summed E-state index contributed by atoms with van der Waals surface area (Å²) in [4.78, 5) is 39.6. The average molecular weight is 415 g/mol. The molecule has 4 rings (SSSR count). The minimum absolute atomic E-state index is 0.0649. The molecular formula is C21H19ClN2O5. The van der Waals surface area contributed by atoms with Crippen molar-refractivity contribution < 1.29 is 24.6 Å². The first-order valence-electron chi connectivity index (χ1n) is 9.12. The van der Waals surface area contributed by atoms with Gasteiger partial charge in [-0.3, -0.25) is 24.6 Å². The normalized spacial score (nSPS) is 28.6. The van der Waals surface area contributed by atoms with Crippen LogP contribution >= 0.6 is 11.6 Å². The molecule has 0 saturated carbocycles. The summed E-state index contributed by atoms with van der Waals surface area (Å²) in [5.41, 5.74) is -0.607. The zero-order chi connectivity index (χ0) is 20.9. The third kappa shape index (κ3) is 2.97. The molecule has 4 atom stereocenters. The highest BCUT2D eigenvalue weighted by molar-refractivity contribution is 6.30. The number of carboxylic acid groups (broad SMARTS) is 1. The van der Waals surface area contributed by atoms with Gasteiger partial charge in [-0.1, -0.05) is 41.9 Å². The number of rotatable bonds is 4. The number of aliphatic carboxylic acids is 1. The minimum atomic E-state index is -1.66. The lowest BCUT2D eigenvalue weighted by molar-refractivity contribution is -0.150. The molecule has 0 radical (unpaired) electrons. The number of hydrogen-bond donors (Lipinski definition) is 3. The summed E-state index contributed by atoms with van der Waals surface area (Å²) < 4.78 is 0. The Labute approximate surface area is 171 Å². The summed E-state index contributed by atoms with van der Waals surface area (Å²) in [5.74, 6) is -4.42. The Balaban J connectivity index is 1.78. The standard InChI is InChI=1S/C21H19ClN2O5/c1-21(20(28)29)16-15(17(23-21)13-9-12(22)7-8-14(13)25)18(26)24(19(16)27)10-11-5-3-2-4-6-11/h2-9,15-17,23,25H,10H2,1H3,(H,28,29)/t15-,16-,17+,21-/m0/s1. The van der Waals surface area contributed by atoms with E-state index < -0.39 is 41.2 Å². The first-order chi connectivity index (χ1) is 13.7. The Hall–Kier alpha value is -2.90. The van der Waals surface area contributed by atoms with Crippen molar-refractivity contribution in [1.29, 1.82) is 0 Å². The van der Waals surface area contributed by atoms with Gasteiger partial charge in [-0.05, 0) is 30.7 Å². The first-order valence-corrected chi connectivity index (χ1v) is 9.50. The maximum Gasteiger partial charge on any atom is 0.324 e. The van der Waals surface area contributed by atoms with Crippen LogP contribution < -0.4 is 5.32 Å². The average Bonchev–Trinajstić information content (AvgIpc) is 3.14. The van der Waals surface area contributed by atoms with Gasteiger partial charge >= 0.3 is 5.97 Å². The van der Waals surface area contributed by atoms with Gasteiger partial charge in [0.15, 0.2) is 0 Å². The lowest BCUT2D eigenvalue weighted by atomic mass is 9.80. The fraction of sp³-hybridized carbons (Fsp3) is 0.286. The molecule has 2 fully saturated rings. The van der Waals surface area contributed by atoms with Crippen molar-refractivity contribution in [3.8, 4) is 5.75 Å². The van der Waals surface area contributed by atoms with Crippen LogP contribution in [0.15, 0.2) is 48.5 Å². The van der Waals surface area contributed by atoms with Gasteiger partial charge in [-0.25, -0.2) is 0 Å². The molecule has 2 aliphatic heterocycles. The van der Waals surface area contributed by atoms with Gasteiger partial charge in [-0.15, -0.1) is 0 Å². The summed E-state index contributed by atoms with van der Waals surface area (Å²) in [7, 11) is 0. The Kier molecular flexibility index (Phi) is 4.59. The molecule has 0 aromatic heterocycles. The second-order valence-electron chi connectivity index (χ2n) is 7.58. The van der Waals surface area contributed by atoms with Crippen molar-refractivity contribution in [2.45, 2.75) is 25.0 Å². The van der Waals surface area contributed by atoms with Crippen molar-refractivity contribution in [3.05, 3.63) is 64.7 Å². The largest absolute Gasteiger partial charge is 0.508 e. The number of carbonyl (C=O) groups excluding carboxylic acids is 2. The monoisotopic (exact) mass is 414 g/mol. The number of benzene rings is 2. The molecular weight excluding hydrogens is 396 g/mol. The summed E-state index contributed by atoms with van der Waals surface area (Å²) in [5, 5.41) is 23.4. The highest BCUT2D eigenvalue weighted by atomic mass is 35.5. The van der Waals surface area contributed by atoms with Crippen LogP contribution in [0.4, 0.5) is 0 Å². The molecule has 2 amide bonds. The summed E-state index contributed by atoms with van der Waals surface area (Å²) in [6.45, 7) is 1.46. The number of fused-ring (bicyclic) bond motifs is 1. The van der Waals surface area contributed by atoms with E-state index >= 15 is 0 Å². The quantitative estimate of drug-likeness (QED) is 0.663. The zero-order valence-corrected chi connectivity index (χ0v) is 16.3. The summed E-state index contributed by atoms with van der Waals surface area (Å²) in [6, 6.07) is 12.5. The van der Waals surface area contributed by atoms with E-state index in [1.54, 1.807) is 24.3 Å². The molecule has 0 unspecified atom stereocenters. The third-order valence-corrected chi connectivity index (χ3v) is 6.07. The number of carboxylic acids is 1. The second-order valence-corrected chi connectivity index (χ2v) is 8.02. The number of nitrogens with one attached hydrogen (secondary N) is 1. The third-order valence-electron chi connectivity index (χ3n) is 5.83. The molecule has 2 aliphatic rings. The van der Waals surface area contributed by atoms with Gasteiger partial charge in [0, 0.05) is 16.6 Å². The molecule has 0 bridgehead atoms. The smallest absolute Gasteiger partial charge is 0.324 e. The molecule has 29 heavy (non-hydrogen) atoms. The van der Waals surface area contributed by atoms with Crippen LogP contribution in [0.1, 0.15) is 24.1 Å². The van der Waals surface area contributed by atoms with Crippen LogP contribution in [0.25, 0.3) is 0 Å².